The van der Waals surface area contributed by atoms with Crippen LogP contribution in [0.5, 0.6) is 0 Å². The van der Waals surface area contributed by atoms with Crippen molar-refractivity contribution >= 4 is 17.5 Å². The lowest BCUT2D eigenvalue weighted by Crippen LogP contribution is -2.50. The molecule has 0 saturated carbocycles. The molecule has 1 aliphatic heterocycles. The highest BCUT2D eigenvalue weighted by molar-refractivity contribution is 6.29. The molecule has 2 rings (SSSR count). The SMILES string of the molecule is Cc1noc(Cl)c1CC(=O)N1CCN(C[C@@H](C)O)CC1. The zero-order valence-electron chi connectivity index (χ0n) is 11.8. The number of β-amino-alcohol motifs (C(OH)–C–C–N with tert-alkyl or cyclic N) is 1. The second-order valence-electron chi connectivity index (χ2n) is 5.23. The molecule has 0 unspecified atom stereocenters. The topological polar surface area (TPSA) is 69.8 Å². The van der Waals surface area contributed by atoms with Gasteiger partial charge < -0.3 is 14.5 Å². The molecule has 1 aromatic rings. The van der Waals surface area contributed by atoms with Gasteiger partial charge in [0.25, 0.3) is 0 Å². The summed E-state index contributed by atoms with van der Waals surface area (Å²) in [6.45, 7) is 7.12. The van der Waals surface area contributed by atoms with Gasteiger partial charge in [0, 0.05) is 38.3 Å². The molecule has 2 heterocycles. The molecule has 112 valence electrons. The Morgan fingerprint density at radius 3 is 2.60 bits per heavy atom. The number of piperazine rings is 1. The van der Waals surface area contributed by atoms with Crippen molar-refractivity contribution in [3.8, 4) is 0 Å². The number of aryl methyl sites for hydroxylation is 1. The van der Waals surface area contributed by atoms with Gasteiger partial charge in [-0.15, -0.1) is 0 Å². The van der Waals surface area contributed by atoms with Crippen LogP contribution in [-0.2, 0) is 11.2 Å². The molecule has 0 aromatic carbocycles. The number of aliphatic hydroxyl groups is 1. The first-order valence-electron chi connectivity index (χ1n) is 6.76. The Hall–Kier alpha value is -1.11. The molecule has 0 aliphatic carbocycles. The molecule has 20 heavy (non-hydrogen) atoms. The van der Waals surface area contributed by atoms with Crippen LogP contribution in [-0.4, -0.2) is 64.8 Å². The third kappa shape index (κ3) is 3.71. The van der Waals surface area contributed by atoms with Gasteiger partial charge >= 0.3 is 0 Å². The second-order valence-corrected chi connectivity index (χ2v) is 5.57. The third-order valence-corrected chi connectivity index (χ3v) is 3.81. The fourth-order valence-electron chi connectivity index (χ4n) is 2.37. The van der Waals surface area contributed by atoms with Gasteiger partial charge in [-0.25, -0.2) is 0 Å². The van der Waals surface area contributed by atoms with E-state index < -0.39 is 0 Å². The van der Waals surface area contributed by atoms with Crippen LogP contribution >= 0.6 is 11.6 Å². The normalized spacial score (nSPS) is 18.3. The maximum Gasteiger partial charge on any atom is 0.229 e. The molecular formula is C13H20ClN3O3. The van der Waals surface area contributed by atoms with Crippen LogP contribution in [0.2, 0.25) is 5.22 Å². The van der Waals surface area contributed by atoms with Crippen molar-refractivity contribution in [2.24, 2.45) is 0 Å². The molecule has 0 spiro atoms. The molecule has 0 bridgehead atoms. The lowest BCUT2D eigenvalue weighted by atomic mass is 10.1. The van der Waals surface area contributed by atoms with Crippen molar-refractivity contribution in [1.82, 2.24) is 15.0 Å². The van der Waals surface area contributed by atoms with Crippen LogP contribution in [0.1, 0.15) is 18.2 Å². The molecule has 1 amide bonds. The number of amides is 1. The molecule has 0 radical (unpaired) electrons. The number of carbonyl (C=O) groups excluding carboxylic acids is 1. The quantitative estimate of drug-likeness (QED) is 0.887. The number of rotatable bonds is 4. The molecule has 6 nitrogen and oxygen atoms in total. The number of aromatic nitrogens is 1. The monoisotopic (exact) mass is 301 g/mol. The number of hydrogen-bond donors (Lipinski definition) is 1. The van der Waals surface area contributed by atoms with Crippen LogP contribution in [0.25, 0.3) is 0 Å². The molecule has 1 aliphatic rings. The highest BCUT2D eigenvalue weighted by Crippen LogP contribution is 2.20. The maximum atomic E-state index is 12.2. The van der Waals surface area contributed by atoms with Gasteiger partial charge in [-0.3, -0.25) is 9.69 Å². The smallest absolute Gasteiger partial charge is 0.229 e. The van der Waals surface area contributed by atoms with Crippen LogP contribution in [0, 0.1) is 6.92 Å². The number of aliphatic hydroxyl groups excluding tert-OH is 1. The van der Waals surface area contributed by atoms with Crippen molar-refractivity contribution in [2.75, 3.05) is 32.7 Å². The highest BCUT2D eigenvalue weighted by Gasteiger charge is 2.24. The molecule has 1 saturated heterocycles. The summed E-state index contributed by atoms with van der Waals surface area (Å²) in [5.74, 6) is 0.0369. The van der Waals surface area contributed by atoms with Crippen LogP contribution in [0.4, 0.5) is 0 Å². The lowest BCUT2D eigenvalue weighted by molar-refractivity contribution is -0.132. The first kappa shape index (κ1) is 15.3. The standard InChI is InChI=1S/C13H20ClN3O3/c1-9(18)8-16-3-5-17(6-4-16)12(19)7-11-10(2)15-20-13(11)14/h9,18H,3-8H2,1-2H3/t9-/m1/s1. The summed E-state index contributed by atoms with van der Waals surface area (Å²) in [7, 11) is 0. The Bertz CT molecular complexity index is 448. The van der Waals surface area contributed by atoms with E-state index in [4.69, 9.17) is 16.1 Å². The Balaban J connectivity index is 1.86. The summed E-state index contributed by atoms with van der Waals surface area (Å²) in [5, 5.41) is 13.3. The van der Waals surface area contributed by atoms with Crippen LogP contribution < -0.4 is 0 Å². The van der Waals surface area contributed by atoms with Crippen LogP contribution in [0.15, 0.2) is 4.52 Å². The summed E-state index contributed by atoms with van der Waals surface area (Å²) in [6.07, 6.45) is -0.111. The van der Waals surface area contributed by atoms with Gasteiger partial charge in [-0.2, -0.15) is 0 Å². The molecular weight excluding hydrogens is 282 g/mol. The number of halogens is 1. The maximum absolute atomic E-state index is 12.2. The first-order chi connectivity index (χ1) is 9.47. The largest absolute Gasteiger partial charge is 0.392 e. The average Bonchev–Trinajstić information content (AvgIpc) is 2.70. The predicted octanol–water partition coefficient (Wildman–Crippen LogP) is 0.704. The number of hydrogen-bond acceptors (Lipinski definition) is 5. The minimum atomic E-state index is -0.337. The van der Waals surface area contributed by atoms with E-state index >= 15 is 0 Å². The number of carbonyl (C=O) groups is 1. The van der Waals surface area contributed by atoms with Crippen molar-refractivity contribution in [3.63, 3.8) is 0 Å². The molecule has 1 atom stereocenters. The van der Waals surface area contributed by atoms with E-state index in [1.54, 1.807) is 13.8 Å². The van der Waals surface area contributed by atoms with Gasteiger partial charge in [-0.1, -0.05) is 5.16 Å². The van der Waals surface area contributed by atoms with E-state index in [0.717, 1.165) is 13.1 Å². The van der Waals surface area contributed by atoms with E-state index in [9.17, 15) is 9.90 Å². The van der Waals surface area contributed by atoms with E-state index in [1.165, 1.54) is 0 Å². The van der Waals surface area contributed by atoms with Crippen LogP contribution in [0.3, 0.4) is 0 Å². The van der Waals surface area contributed by atoms with E-state index in [0.29, 0.717) is 30.9 Å². The Morgan fingerprint density at radius 1 is 1.45 bits per heavy atom. The summed E-state index contributed by atoms with van der Waals surface area (Å²) in [6, 6.07) is 0. The summed E-state index contributed by atoms with van der Waals surface area (Å²) in [4.78, 5) is 16.2. The molecule has 1 aromatic heterocycles. The van der Waals surface area contributed by atoms with E-state index in [-0.39, 0.29) is 23.7 Å². The minimum absolute atomic E-state index is 0.0369. The van der Waals surface area contributed by atoms with Gasteiger partial charge in [0.1, 0.15) is 0 Å². The van der Waals surface area contributed by atoms with Gasteiger partial charge in [0.2, 0.25) is 11.1 Å². The summed E-state index contributed by atoms with van der Waals surface area (Å²) < 4.78 is 4.85. The highest BCUT2D eigenvalue weighted by atomic mass is 35.5. The van der Waals surface area contributed by atoms with Gasteiger partial charge in [0.05, 0.1) is 18.2 Å². The van der Waals surface area contributed by atoms with Gasteiger partial charge in [0.15, 0.2) is 0 Å². The zero-order valence-corrected chi connectivity index (χ0v) is 12.6. The van der Waals surface area contributed by atoms with Crippen molar-refractivity contribution in [1.29, 1.82) is 0 Å². The Kier molecular flexibility index (Phi) is 5.01. The van der Waals surface area contributed by atoms with E-state index in [2.05, 4.69) is 10.1 Å². The lowest BCUT2D eigenvalue weighted by Gasteiger charge is -2.35. The minimum Gasteiger partial charge on any atom is -0.392 e. The van der Waals surface area contributed by atoms with Crippen molar-refractivity contribution in [3.05, 3.63) is 16.5 Å². The molecule has 1 fully saturated rings. The third-order valence-electron chi connectivity index (χ3n) is 3.51. The summed E-state index contributed by atoms with van der Waals surface area (Å²) in [5.41, 5.74) is 1.33. The average molecular weight is 302 g/mol. The first-order valence-corrected chi connectivity index (χ1v) is 7.14. The fourth-order valence-corrected chi connectivity index (χ4v) is 2.61. The Labute approximate surface area is 123 Å². The number of nitrogens with zero attached hydrogens (tertiary/aromatic N) is 3. The molecule has 7 heteroatoms. The zero-order chi connectivity index (χ0) is 14.7. The fraction of sp³-hybridized carbons (Fsp3) is 0.692. The Morgan fingerprint density at radius 2 is 2.10 bits per heavy atom. The summed E-state index contributed by atoms with van der Waals surface area (Å²) >= 11 is 5.87. The van der Waals surface area contributed by atoms with E-state index in [1.807, 2.05) is 4.90 Å². The molecule has 1 N–H and O–H groups in total. The van der Waals surface area contributed by atoms with Crippen molar-refractivity contribution < 1.29 is 14.4 Å². The van der Waals surface area contributed by atoms with Gasteiger partial charge in [-0.05, 0) is 25.4 Å². The second kappa shape index (κ2) is 6.56. The van der Waals surface area contributed by atoms with Crippen molar-refractivity contribution in [2.45, 2.75) is 26.4 Å². The predicted molar refractivity (Wildman–Crippen MR) is 74.7 cm³/mol.